The number of benzene rings is 1. The van der Waals surface area contributed by atoms with Crippen molar-refractivity contribution in [2.45, 2.75) is 33.2 Å². The summed E-state index contributed by atoms with van der Waals surface area (Å²) in [4.78, 5) is 22.6. The SMILES string of the molecule is CCc1nc2ccc(C)cn2c1C(=O)NCc1ccc(N2CCN(C3=CC=CCC=C3)CC2)cc1. The molecule has 0 unspecified atom stereocenters. The number of anilines is 1. The number of nitrogens with zero attached hydrogens (tertiary/aromatic N) is 4. The van der Waals surface area contributed by atoms with Crippen molar-refractivity contribution in [3.05, 3.63) is 101 Å². The summed E-state index contributed by atoms with van der Waals surface area (Å²) < 4.78 is 1.91. The number of carbonyl (C=O) groups excluding carboxylic acids is 1. The number of pyridine rings is 1. The van der Waals surface area contributed by atoms with E-state index in [1.807, 2.05) is 36.6 Å². The summed E-state index contributed by atoms with van der Waals surface area (Å²) in [6.45, 7) is 8.57. The van der Waals surface area contributed by atoms with Crippen molar-refractivity contribution in [3.63, 3.8) is 0 Å². The largest absolute Gasteiger partial charge is 0.368 e. The van der Waals surface area contributed by atoms with Crippen LogP contribution in [0.15, 0.2) is 78.7 Å². The highest BCUT2D eigenvalue weighted by Crippen LogP contribution is 2.21. The van der Waals surface area contributed by atoms with Crippen molar-refractivity contribution in [3.8, 4) is 0 Å². The normalized spacial score (nSPS) is 15.9. The lowest BCUT2D eigenvalue weighted by Crippen LogP contribution is -2.45. The number of hydrogen-bond acceptors (Lipinski definition) is 4. The predicted molar refractivity (Wildman–Crippen MR) is 142 cm³/mol. The highest BCUT2D eigenvalue weighted by molar-refractivity contribution is 5.94. The van der Waals surface area contributed by atoms with Crippen molar-refractivity contribution in [1.82, 2.24) is 19.6 Å². The summed E-state index contributed by atoms with van der Waals surface area (Å²) >= 11 is 0. The minimum atomic E-state index is -0.0862. The zero-order valence-electron chi connectivity index (χ0n) is 20.6. The molecule has 3 heterocycles. The third-order valence-corrected chi connectivity index (χ3v) is 6.75. The topological polar surface area (TPSA) is 52.9 Å². The maximum absolute atomic E-state index is 13.1. The van der Waals surface area contributed by atoms with Gasteiger partial charge in [-0.15, -0.1) is 0 Å². The second-order valence-electron chi connectivity index (χ2n) is 9.18. The molecule has 180 valence electrons. The second kappa shape index (κ2) is 10.2. The summed E-state index contributed by atoms with van der Waals surface area (Å²) in [5.41, 5.74) is 6.99. The maximum atomic E-state index is 13.1. The molecule has 1 aromatic carbocycles. The molecule has 35 heavy (non-hydrogen) atoms. The van der Waals surface area contributed by atoms with Gasteiger partial charge < -0.3 is 15.1 Å². The average molecular weight is 468 g/mol. The Morgan fingerprint density at radius 1 is 1.00 bits per heavy atom. The van der Waals surface area contributed by atoms with Gasteiger partial charge >= 0.3 is 0 Å². The van der Waals surface area contributed by atoms with E-state index in [1.165, 1.54) is 11.4 Å². The van der Waals surface area contributed by atoms with E-state index >= 15 is 0 Å². The van der Waals surface area contributed by atoms with Crippen LogP contribution in [0.25, 0.3) is 5.65 Å². The van der Waals surface area contributed by atoms with Crippen LogP contribution in [0.5, 0.6) is 0 Å². The van der Waals surface area contributed by atoms with Crippen molar-refractivity contribution in [1.29, 1.82) is 0 Å². The fraction of sp³-hybridized carbons (Fsp3) is 0.310. The molecule has 0 radical (unpaired) electrons. The number of fused-ring (bicyclic) bond motifs is 1. The standard InChI is InChI=1S/C29H33N5O/c1-3-26-28(34-21-22(2)10-15-27(34)31-26)29(35)30-20-23-11-13-25(14-12-23)33-18-16-32(17-19-33)24-8-6-4-5-7-9-24/h4,6-15,21H,3,5,16-20H2,1-2H3,(H,30,35). The smallest absolute Gasteiger partial charge is 0.270 e. The Hall–Kier alpha value is -3.80. The van der Waals surface area contributed by atoms with E-state index in [1.54, 1.807) is 0 Å². The van der Waals surface area contributed by atoms with Gasteiger partial charge in [0, 0.05) is 50.3 Å². The molecule has 1 saturated heterocycles. The Morgan fingerprint density at radius 3 is 2.54 bits per heavy atom. The number of nitrogens with one attached hydrogen (secondary N) is 1. The first-order chi connectivity index (χ1) is 17.1. The second-order valence-corrected chi connectivity index (χ2v) is 9.18. The van der Waals surface area contributed by atoms with E-state index < -0.39 is 0 Å². The minimum absolute atomic E-state index is 0.0862. The molecule has 6 nitrogen and oxygen atoms in total. The number of hydrogen-bond donors (Lipinski definition) is 1. The molecule has 1 aliphatic heterocycles. The van der Waals surface area contributed by atoms with Crippen molar-refractivity contribution in [2.24, 2.45) is 0 Å². The van der Waals surface area contributed by atoms with E-state index in [4.69, 9.17) is 0 Å². The summed E-state index contributed by atoms with van der Waals surface area (Å²) in [6, 6.07) is 12.5. The van der Waals surface area contributed by atoms with Crippen molar-refractivity contribution < 1.29 is 4.79 Å². The summed E-state index contributed by atoms with van der Waals surface area (Å²) in [6.07, 6.45) is 14.7. The Balaban J connectivity index is 1.19. The molecule has 0 spiro atoms. The first-order valence-electron chi connectivity index (χ1n) is 12.5. The quantitative estimate of drug-likeness (QED) is 0.573. The number of allylic oxidation sites excluding steroid dienone is 5. The van der Waals surface area contributed by atoms with Crippen LogP contribution >= 0.6 is 0 Å². The van der Waals surface area contributed by atoms with E-state index in [9.17, 15) is 4.79 Å². The van der Waals surface area contributed by atoms with Crippen LogP contribution < -0.4 is 10.2 Å². The summed E-state index contributed by atoms with van der Waals surface area (Å²) in [5, 5.41) is 3.10. The Bertz CT molecular complexity index is 1290. The fourth-order valence-corrected chi connectivity index (χ4v) is 4.78. The molecule has 1 fully saturated rings. The van der Waals surface area contributed by atoms with Gasteiger partial charge in [0.15, 0.2) is 0 Å². The molecule has 2 aromatic heterocycles. The lowest BCUT2D eigenvalue weighted by molar-refractivity contribution is 0.0944. The predicted octanol–water partition coefficient (Wildman–Crippen LogP) is 4.66. The lowest BCUT2D eigenvalue weighted by atomic mass is 10.1. The molecule has 1 aliphatic carbocycles. The zero-order chi connectivity index (χ0) is 24.2. The van der Waals surface area contributed by atoms with E-state index in [-0.39, 0.29) is 5.91 Å². The van der Waals surface area contributed by atoms with Gasteiger partial charge in [-0.25, -0.2) is 4.98 Å². The average Bonchev–Trinajstić information content (AvgIpc) is 3.05. The summed E-state index contributed by atoms with van der Waals surface area (Å²) in [5.74, 6) is -0.0862. The third kappa shape index (κ3) is 5.02. The minimum Gasteiger partial charge on any atom is -0.368 e. The first kappa shape index (κ1) is 23.0. The summed E-state index contributed by atoms with van der Waals surface area (Å²) in [7, 11) is 0. The fourth-order valence-electron chi connectivity index (χ4n) is 4.78. The molecular weight excluding hydrogens is 434 g/mol. The van der Waals surface area contributed by atoms with Crippen LogP contribution in [0.1, 0.15) is 40.7 Å². The van der Waals surface area contributed by atoms with E-state index in [0.717, 1.165) is 61.5 Å². The van der Waals surface area contributed by atoms with Gasteiger partial charge in [-0.1, -0.05) is 43.4 Å². The number of aryl methyl sites for hydroxylation is 2. The molecule has 0 atom stereocenters. The van der Waals surface area contributed by atoms with Crippen molar-refractivity contribution >= 4 is 17.2 Å². The molecule has 0 saturated carbocycles. The Kier molecular flexibility index (Phi) is 6.70. The van der Waals surface area contributed by atoms with Gasteiger partial charge in [-0.2, -0.15) is 0 Å². The molecular formula is C29H33N5O. The van der Waals surface area contributed by atoms with Gasteiger partial charge in [0.25, 0.3) is 5.91 Å². The molecule has 1 N–H and O–H groups in total. The highest BCUT2D eigenvalue weighted by atomic mass is 16.1. The number of aromatic nitrogens is 2. The van der Waals surface area contributed by atoms with Crippen LogP contribution in [-0.4, -0.2) is 46.4 Å². The van der Waals surface area contributed by atoms with Gasteiger partial charge in [0.05, 0.1) is 5.69 Å². The van der Waals surface area contributed by atoms with Crippen LogP contribution in [-0.2, 0) is 13.0 Å². The first-order valence-corrected chi connectivity index (χ1v) is 12.5. The van der Waals surface area contributed by atoms with Gasteiger partial charge in [0.2, 0.25) is 0 Å². The highest BCUT2D eigenvalue weighted by Gasteiger charge is 2.19. The molecule has 5 rings (SSSR count). The third-order valence-electron chi connectivity index (χ3n) is 6.75. The monoisotopic (exact) mass is 467 g/mol. The number of carbonyl (C=O) groups is 1. The number of imidazole rings is 1. The number of piperazine rings is 1. The molecule has 6 heteroatoms. The maximum Gasteiger partial charge on any atom is 0.270 e. The van der Waals surface area contributed by atoms with Gasteiger partial charge in [-0.05, 0) is 61.2 Å². The van der Waals surface area contributed by atoms with Crippen molar-refractivity contribution in [2.75, 3.05) is 31.1 Å². The van der Waals surface area contributed by atoms with E-state index in [0.29, 0.717) is 12.2 Å². The lowest BCUT2D eigenvalue weighted by Gasteiger charge is -2.38. The number of amides is 1. The molecule has 1 amide bonds. The van der Waals surface area contributed by atoms with Crippen LogP contribution in [0.3, 0.4) is 0 Å². The van der Waals surface area contributed by atoms with E-state index in [2.05, 4.69) is 74.7 Å². The molecule has 0 bridgehead atoms. The van der Waals surface area contributed by atoms with Crippen LogP contribution in [0.4, 0.5) is 5.69 Å². The zero-order valence-corrected chi connectivity index (χ0v) is 20.6. The molecule has 3 aromatic rings. The molecule has 2 aliphatic rings. The number of rotatable bonds is 6. The van der Waals surface area contributed by atoms with Gasteiger partial charge in [-0.3, -0.25) is 9.20 Å². The van der Waals surface area contributed by atoms with Gasteiger partial charge in [0.1, 0.15) is 11.3 Å². The van der Waals surface area contributed by atoms with Crippen LogP contribution in [0, 0.1) is 6.92 Å². The van der Waals surface area contributed by atoms with Crippen LogP contribution in [0.2, 0.25) is 0 Å². The Labute approximate surface area is 207 Å². The Morgan fingerprint density at radius 2 is 1.77 bits per heavy atom.